The van der Waals surface area contributed by atoms with Gasteiger partial charge in [0.05, 0.1) is 7.11 Å². The van der Waals surface area contributed by atoms with E-state index in [1.165, 1.54) is 0 Å². The highest BCUT2D eigenvalue weighted by atomic mass is 79.9. The Bertz CT molecular complexity index is 410. The maximum Gasteiger partial charge on any atom is 0.225 e. The highest BCUT2D eigenvalue weighted by Crippen LogP contribution is 2.24. The minimum Gasteiger partial charge on any atom is -0.497 e. The molecule has 0 aliphatic rings. The number of methoxy groups -OCH3 is 1. The Morgan fingerprint density at radius 2 is 2.17 bits per heavy atom. The van der Waals surface area contributed by atoms with E-state index in [-0.39, 0.29) is 11.9 Å². The van der Waals surface area contributed by atoms with Crippen molar-refractivity contribution >= 4 is 27.5 Å². The quantitative estimate of drug-likeness (QED) is 0.849. The van der Waals surface area contributed by atoms with E-state index in [4.69, 9.17) is 4.74 Å². The molecule has 0 fully saturated rings. The molecule has 1 rings (SSSR count). The summed E-state index contributed by atoms with van der Waals surface area (Å²) in [6.45, 7) is 4.87. The van der Waals surface area contributed by atoms with Gasteiger partial charge in [0.25, 0.3) is 0 Å². The molecule has 1 unspecified atom stereocenters. The van der Waals surface area contributed by atoms with Gasteiger partial charge in [0.2, 0.25) is 5.91 Å². The van der Waals surface area contributed by atoms with Gasteiger partial charge in [-0.25, -0.2) is 0 Å². The first kappa shape index (κ1) is 15.0. The van der Waals surface area contributed by atoms with Crippen LogP contribution in [0.25, 0.3) is 0 Å². The third-order valence-electron chi connectivity index (χ3n) is 2.43. The second-order valence-electron chi connectivity index (χ2n) is 4.09. The van der Waals surface area contributed by atoms with Crippen molar-refractivity contribution < 1.29 is 9.53 Å². The van der Waals surface area contributed by atoms with Crippen molar-refractivity contribution in [1.82, 2.24) is 5.32 Å². The lowest BCUT2D eigenvalue weighted by molar-refractivity contribution is -0.116. The van der Waals surface area contributed by atoms with Crippen LogP contribution in [0.15, 0.2) is 22.7 Å². The van der Waals surface area contributed by atoms with Gasteiger partial charge in [-0.3, -0.25) is 4.79 Å². The van der Waals surface area contributed by atoms with Gasteiger partial charge in [-0.2, -0.15) is 0 Å². The van der Waals surface area contributed by atoms with Crippen LogP contribution in [0.1, 0.15) is 20.3 Å². The van der Waals surface area contributed by atoms with Crippen LogP contribution in [-0.4, -0.2) is 25.6 Å². The normalized spacial score (nSPS) is 12.0. The van der Waals surface area contributed by atoms with Crippen molar-refractivity contribution in [2.45, 2.75) is 26.3 Å². The number of hydrogen-bond donors (Lipinski definition) is 2. The zero-order valence-electron chi connectivity index (χ0n) is 10.9. The van der Waals surface area contributed by atoms with E-state index in [9.17, 15) is 4.79 Å². The minimum absolute atomic E-state index is 0.0106. The van der Waals surface area contributed by atoms with Crippen LogP contribution in [0.3, 0.4) is 0 Å². The van der Waals surface area contributed by atoms with Crippen molar-refractivity contribution in [3.8, 4) is 5.75 Å². The number of nitrogens with one attached hydrogen (secondary N) is 2. The summed E-state index contributed by atoms with van der Waals surface area (Å²) < 4.78 is 6.02. The lowest BCUT2D eigenvalue weighted by atomic mass is 10.2. The topological polar surface area (TPSA) is 50.4 Å². The molecule has 0 radical (unpaired) electrons. The van der Waals surface area contributed by atoms with Gasteiger partial charge < -0.3 is 15.4 Å². The van der Waals surface area contributed by atoms with E-state index in [1.807, 2.05) is 26.0 Å². The predicted molar refractivity (Wildman–Crippen MR) is 77.1 cm³/mol. The molecule has 0 aromatic heterocycles. The van der Waals surface area contributed by atoms with E-state index in [2.05, 4.69) is 26.6 Å². The third kappa shape index (κ3) is 5.06. The second kappa shape index (κ2) is 7.38. The predicted octanol–water partition coefficient (Wildman–Crippen LogP) is 2.78. The summed E-state index contributed by atoms with van der Waals surface area (Å²) in [7, 11) is 1.60. The fourth-order valence-corrected chi connectivity index (χ4v) is 2.14. The Kier molecular flexibility index (Phi) is 6.15. The first-order valence-electron chi connectivity index (χ1n) is 5.93. The first-order valence-corrected chi connectivity index (χ1v) is 6.72. The van der Waals surface area contributed by atoms with Crippen LogP contribution in [0, 0.1) is 0 Å². The summed E-state index contributed by atoms with van der Waals surface area (Å²) in [4.78, 5) is 11.8. The van der Waals surface area contributed by atoms with Crippen LogP contribution in [-0.2, 0) is 4.79 Å². The molecule has 2 N–H and O–H groups in total. The van der Waals surface area contributed by atoms with Crippen LogP contribution in [0.4, 0.5) is 5.69 Å². The van der Waals surface area contributed by atoms with Gasteiger partial charge in [0.15, 0.2) is 0 Å². The third-order valence-corrected chi connectivity index (χ3v) is 2.89. The van der Waals surface area contributed by atoms with Crippen LogP contribution >= 0.6 is 15.9 Å². The molecule has 18 heavy (non-hydrogen) atoms. The fraction of sp³-hybridized carbons (Fsp3) is 0.462. The Balaban J connectivity index is 2.61. The number of ether oxygens (including phenoxy) is 1. The molecule has 5 heteroatoms. The molecule has 0 spiro atoms. The van der Waals surface area contributed by atoms with Crippen LogP contribution < -0.4 is 15.4 Å². The van der Waals surface area contributed by atoms with E-state index in [1.54, 1.807) is 13.2 Å². The van der Waals surface area contributed by atoms with Crippen LogP contribution in [0.5, 0.6) is 5.75 Å². The summed E-state index contributed by atoms with van der Waals surface area (Å²) >= 11 is 3.38. The van der Waals surface area contributed by atoms with E-state index in [0.717, 1.165) is 16.7 Å². The first-order chi connectivity index (χ1) is 8.55. The number of anilines is 1. The number of halogens is 1. The van der Waals surface area contributed by atoms with Crippen LogP contribution in [0.2, 0.25) is 0 Å². The minimum atomic E-state index is -0.0106. The highest BCUT2D eigenvalue weighted by Gasteiger charge is 2.09. The number of benzene rings is 1. The Morgan fingerprint density at radius 3 is 2.78 bits per heavy atom. The average molecular weight is 315 g/mol. The number of rotatable bonds is 6. The summed E-state index contributed by atoms with van der Waals surface area (Å²) in [5.41, 5.74) is 0.731. The van der Waals surface area contributed by atoms with E-state index >= 15 is 0 Å². The molecule has 0 saturated carbocycles. The standard InChI is InChI=1S/C13H19BrN2O2/c1-4-15-9(2)5-13(17)16-11-6-10(14)7-12(8-11)18-3/h6-9,15H,4-5H2,1-3H3,(H,16,17). The van der Waals surface area contributed by atoms with Crippen molar-refractivity contribution in [2.24, 2.45) is 0 Å². The van der Waals surface area contributed by atoms with Gasteiger partial charge in [-0.15, -0.1) is 0 Å². The molecule has 0 saturated heterocycles. The second-order valence-corrected chi connectivity index (χ2v) is 5.01. The molecule has 0 aliphatic heterocycles. The average Bonchev–Trinajstić information content (AvgIpc) is 2.27. The molecular weight excluding hydrogens is 296 g/mol. The highest BCUT2D eigenvalue weighted by molar-refractivity contribution is 9.10. The van der Waals surface area contributed by atoms with Crippen molar-refractivity contribution in [3.05, 3.63) is 22.7 Å². The van der Waals surface area contributed by atoms with E-state index in [0.29, 0.717) is 12.2 Å². The SMILES string of the molecule is CCNC(C)CC(=O)Nc1cc(Br)cc(OC)c1. The van der Waals surface area contributed by atoms with E-state index < -0.39 is 0 Å². The number of hydrogen-bond acceptors (Lipinski definition) is 3. The molecule has 4 nitrogen and oxygen atoms in total. The zero-order chi connectivity index (χ0) is 13.5. The summed E-state index contributed by atoms with van der Waals surface area (Å²) in [5.74, 6) is 0.697. The summed E-state index contributed by atoms with van der Waals surface area (Å²) in [6, 6.07) is 5.65. The maximum absolute atomic E-state index is 11.8. The van der Waals surface area contributed by atoms with Gasteiger partial charge in [-0.1, -0.05) is 22.9 Å². The molecule has 0 aliphatic carbocycles. The largest absolute Gasteiger partial charge is 0.497 e. The number of carbonyl (C=O) groups is 1. The zero-order valence-corrected chi connectivity index (χ0v) is 12.5. The fourth-order valence-electron chi connectivity index (χ4n) is 1.66. The van der Waals surface area contributed by atoms with Gasteiger partial charge in [0, 0.05) is 28.7 Å². The van der Waals surface area contributed by atoms with Gasteiger partial charge >= 0.3 is 0 Å². The Labute approximate surface area is 116 Å². The maximum atomic E-state index is 11.8. The molecule has 1 aromatic carbocycles. The summed E-state index contributed by atoms with van der Waals surface area (Å²) in [5, 5.41) is 6.06. The number of carbonyl (C=O) groups excluding carboxylic acids is 1. The lowest BCUT2D eigenvalue weighted by Crippen LogP contribution is -2.30. The molecule has 0 bridgehead atoms. The Morgan fingerprint density at radius 1 is 1.44 bits per heavy atom. The van der Waals surface area contributed by atoms with Gasteiger partial charge in [0.1, 0.15) is 5.75 Å². The smallest absolute Gasteiger partial charge is 0.225 e. The Hall–Kier alpha value is -1.07. The summed E-state index contributed by atoms with van der Waals surface area (Å²) in [6.07, 6.45) is 0.447. The molecular formula is C13H19BrN2O2. The molecule has 1 amide bonds. The monoisotopic (exact) mass is 314 g/mol. The number of amides is 1. The van der Waals surface area contributed by atoms with Crippen molar-refractivity contribution in [1.29, 1.82) is 0 Å². The molecule has 1 aromatic rings. The molecule has 100 valence electrons. The van der Waals surface area contributed by atoms with Crippen molar-refractivity contribution in [2.75, 3.05) is 19.0 Å². The lowest BCUT2D eigenvalue weighted by Gasteiger charge is -2.12. The van der Waals surface area contributed by atoms with Crippen molar-refractivity contribution in [3.63, 3.8) is 0 Å². The molecule has 0 heterocycles. The van der Waals surface area contributed by atoms with Gasteiger partial charge in [-0.05, 0) is 25.6 Å². The molecule has 1 atom stereocenters.